The van der Waals surface area contributed by atoms with Crippen LogP contribution in [0, 0.1) is 5.41 Å². The van der Waals surface area contributed by atoms with Crippen LogP contribution in [0.4, 0.5) is 0 Å². The van der Waals surface area contributed by atoms with E-state index < -0.39 is 5.41 Å². The zero-order chi connectivity index (χ0) is 21.4. The van der Waals surface area contributed by atoms with Crippen molar-refractivity contribution in [2.24, 2.45) is 5.41 Å². The molecule has 8 heteroatoms. The molecule has 2 amide bonds. The molecule has 1 aliphatic carbocycles. The van der Waals surface area contributed by atoms with Crippen LogP contribution >= 0.6 is 0 Å². The fraction of sp³-hybridized carbons (Fsp3) is 0.909. The molecule has 4 unspecified atom stereocenters. The smallest absolute Gasteiger partial charge is 0.238 e. The summed E-state index contributed by atoms with van der Waals surface area (Å²) in [5.74, 6) is -0.137. The summed E-state index contributed by atoms with van der Waals surface area (Å²) in [5.41, 5.74) is -2.20. The van der Waals surface area contributed by atoms with Crippen molar-refractivity contribution in [3.63, 3.8) is 0 Å². The van der Waals surface area contributed by atoms with E-state index in [1.54, 1.807) is 0 Å². The van der Waals surface area contributed by atoms with Crippen LogP contribution in [-0.2, 0) is 28.5 Å². The molecule has 0 bridgehead atoms. The molecule has 0 radical (unpaired) electrons. The van der Waals surface area contributed by atoms with E-state index in [9.17, 15) is 9.59 Å². The van der Waals surface area contributed by atoms with E-state index >= 15 is 0 Å². The highest BCUT2D eigenvalue weighted by atomic mass is 16.6. The van der Waals surface area contributed by atoms with Crippen molar-refractivity contribution >= 4 is 11.8 Å². The number of nitrogens with zero attached hydrogens (tertiary/aromatic N) is 2. The minimum absolute atomic E-state index is 0.0686. The molecule has 0 aromatic carbocycles. The summed E-state index contributed by atoms with van der Waals surface area (Å²) >= 11 is 0. The van der Waals surface area contributed by atoms with E-state index in [1.807, 2.05) is 37.5 Å². The lowest BCUT2D eigenvalue weighted by atomic mass is 9.66. The summed E-state index contributed by atoms with van der Waals surface area (Å²) < 4.78 is 22.3. The Morgan fingerprint density at radius 1 is 0.633 bits per heavy atom. The maximum absolute atomic E-state index is 13.9. The zero-order valence-corrected chi connectivity index (χ0v) is 18.6. The number of ether oxygens (including phenoxy) is 4. The van der Waals surface area contributed by atoms with Gasteiger partial charge in [-0.25, -0.2) is 0 Å². The van der Waals surface area contributed by atoms with Crippen molar-refractivity contribution < 1.29 is 28.5 Å². The number of amides is 2. The van der Waals surface area contributed by atoms with Crippen LogP contribution in [0.2, 0.25) is 0 Å². The van der Waals surface area contributed by atoms with Crippen LogP contribution in [0.25, 0.3) is 0 Å². The predicted octanol–water partition coefficient (Wildman–Crippen LogP) is 0.970. The molecule has 0 N–H and O–H groups in total. The minimum Gasteiger partial charge on any atom is -0.368 e. The molecular formula is C22H34N2O6. The van der Waals surface area contributed by atoms with E-state index in [4.69, 9.17) is 18.9 Å². The average Bonchev–Trinajstić information content (AvgIpc) is 3.44. The monoisotopic (exact) mass is 422 g/mol. The predicted molar refractivity (Wildman–Crippen MR) is 107 cm³/mol. The Morgan fingerprint density at radius 3 is 1.07 bits per heavy atom. The number of carbonyl (C=O) groups is 2. The zero-order valence-electron chi connectivity index (χ0n) is 18.6. The van der Waals surface area contributed by atoms with Crippen LogP contribution in [0.1, 0.15) is 47.0 Å². The highest BCUT2D eigenvalue weighted by Gasteiger charge is 2.59. The van der Waals surface area contributed by atoms with Gasteiger partial charge in [-0.2, -0.15) is 0 Å². The van der Waals surface area contributed by atoms with Crippen molar-refractivity contribution in [3.05, 3.63) is 0 Å². The second kappa shape index (κ2) is 6.40. The Bertz CT molecular complexity index is 649. The van der Waals surface area contributed by atoms with Crippen molar-refractivity contribution in [2.45, 2.75) is 69.4 Å². The van der Waals surface area contributed by atoms with Crippen molar-refractivity contribution in [1.82, 2.24) is 9.80 Å². The number of carbonyl (C=O) groups excluding carboxylic acids is 2. The molecule has 8 nitrogen and oxygen atoms in total. The molecule has 4 heterocycles. The SMILES string of the molecule is CC1(CN(CC2(C)CO2)C(=O)C2(C(=O)N(CC3(C)CO3)CC3(C)CO3)CCC2)CO1. The third-order valence-corrected chi connectivity index (χ3v) is 7.25. The standard InChI is InChI=1S/C22H34N2O6/c1-18(12-27-18)8-23(9-19(2)13-28-19)16(25)22(6-5-7-22)17(26)24(10-20(3)14-29-20)11-21(4)15-30-21/h5-15H2,1-4H3. The fourth-order valence-electron chi connectivity index (χ4n) is 4.53. The summed E-state index contributed by atoms with van der Waals surface area (Å²) in [6, 6.07) is 0. The summed E-state index contributed by atoms with van der Waals surface area (Å²) in [6.45, 7) is 12.6. The molecule has 1 saturated carbocycles. The molecule has 4 aliphatic heterocycles. The van der Waals surface area contributed by atoms with Gasteiger partial charge in [-0.15, -0.1) is 0 Å². The molecule has 5 aliphatic rings. The normalized spacial score (nSPS) is 42.1. The molecule has 4 saturated heterocycles. The summed E-state index contributed by atoms with van der Waals surface area (Å²) in [4.78, 5) is 31.4. The molecule has 0 aromatic heterocycles. The van der Waals surface area contributed by atoms with Gasteiger partial charge in [0.15, 0.2) is 0 Å². The van der Waals surface area contributed by atoms with Crippen LogP contribution in [-0.4, -0.2) is 96.6 Å². The third-order valence-electron chi connectivity index (χ3n) is 7.25. The highest BCUT2D eigenvalue weighted by Crippen LogP contribution is 2.47. The van der Waals surface area contributed by atoms with Gasteiger partial charge in [0.05, 0.1) is 52.6 Å². The Kier molecular flexibility index (Phi) is 4.41. The summed E-state index contributed by atoms with van der Waals surface area (Å²) in [7, 11) is 0. The van der Waals surface area contributed by atoms with Gasteiger partial charge in [-0.1, -0.05) is 6.42 Å². The van der Waals surface area contributed by atoms with Gasteiger partial charge >= 0.3 is 0 Å². The maximum Gasteiger partial charge on any atom is 0.238 e. The van der Waals surface area contributed by atoms with E-state index in [-0.39, 0.29) is 34.2 Å². The van der Waals surface area contributed by atoms with Crippen molar-refractivity contribution in [2.75, 3.05) is 52.6 Å². The lowest BCUT2D eigenvalue weighted by molar-refractivity contribution is -0.165. The van der Waals surface area contributed by atoms with Crippen LogP contribution in [0.5, 0.6) is 0 Å². The molecule has 30 heavy (non-hydrogen) atoms. The quantitative estimate of drug-likeness (QED) is 0.385. The van der Waals surface area contributed by atoms with Crippen molar-refractivity contribution in [3.8, 4) is 0 Å². The first-order valence-electron chi connectivity index (χ1n) is 11.1. The fourth-order valence-corrected chi connectivity index (χ4v) is 4.53. The lowest BCUT2D eigenvalue weighted by Crippen LogP contribution is -2.61. The van der Waals surface area contributed by atoms with Gasteiger partial charge in [0.1, 0.15) is 27.8 Å². The van der Waals surface area contributed by atoms with Gasteiger partial charge in [-0.05, 0) is 40.5 Å². The summed E-state index contributed by atoms with van der Waals surface area (Å²) in [6.07, 6.45) is 2.09. The largest absolute Gasteiger partial charge is 0.368 e. The minimum atomic E-state index is -0.979. The number of rotatable bonds is 10. The molecule has 4 atom stereocenters. The lowest BCUT2D eigenvalue weighted by Gasteiger charge is -2.45. The Morgan fingerprint density at radius 2 is 0.900 bits per heavy atom. The van der Waals surface area contributed by atoms with E-state index in [0.717, 1.165) is 6.42 Å². The molecule has 5 fully saturated rings. The van der Waals surface area contributed by atoms with Gasteiger partial charge in [0, 0.05) is 0 Å². The van der Waals surface area contributed by atoms with E-state index in [1.165, 1.54) is 0 Å². The van der Waals surface area contributed by atoms with E-state index in [0.29, 0.717) is 65.4 Å². The molecule has 5 rings (SSSR count). The van der Waals surface area contributed by atoms with Crippen LogP contribution < -0.4 is 0 Å². The van der Waals surface area contributed by atoms with Crippen molar-refractivity contribution in [1.29, 1.82) is 0 Å². The first kappa shape index (κ1) is 20.7. The molecule has 0 aromatic rings. The van der Waals surface area contributed by atoms with Crippen LogP contribution in [0.15, 0.2) is 0 Å². The maximum atomic E-state index is 13.9. The van der Waals surface area contributed by atoms with Gasteiger partial charge in [0.25, 0.3) is 0 Å². The number of epoxide rings is 4. The first-order chi connectivity index (χ1) is 14.0. The van der Waals surface area contributed by atoms with Gasteiger partial charge in [0.2, 0.25) is 11.8 Å². The summed E-state index contributed by atoms with van der Waals surface area (Å²) in [5, 5.41) is 0. The third kappa shape index (κ3) is 3.99. The van der Waals surface area contributed by atoms with E-state index in [2.05, 4.69) is 0 Å². The first-order valence-corrected chi connectivity index (χ1v) is 11.1. The van der Waals surface area contributed by atoms with Crippen LogP contribution in [0.3, 0.4) is 0 Å². The molecule has 0 spiro atoms. The number of hydrogen-bond donors (Lipinski definition) is 0. The molecule has 168 valence electrons. The Labute approximate surface area is 178 Å². The Balaban J connectivity index is 1.37. The van der Waals surface area contributed by atoms with Gasteiger partial charge < -0.3 is 28.7 Å². The second-order valence-corrected chi connectivity index (χ2v) is 11.2. The average molecular weight is 423 g/mol. The Hall–Kier alpha value is -1.22. The molecular weight excluding hydrogens is 388 g/mol. The topological polar surface area (TPSA) is 90.7 Å². The highest BCUT2D eigenvalue weighted by molar-refractivity contribution is 6.06. The second-order valence-electron chi connectivity index (χ2n) is 11.2. The van der Waals surface area contributed by atoms with Gasteiger partial charge in [-0.3, -0.25) is 9.59 Å². The number of hydrogen-bond acceptors (Lipinski definition) is 6.